The van der Waals surface area contributed by atoms with E-state index in [1.165, 1.54) is 17.4 Å². The highest BCUT2D eigenvalue weighted by Gasteiger charge is 2.29. The zero-order valence-corrected chi connectivity index (χ0v) is 20.4. The summed E-state index contributed by atoms with van der Waals surface area (Å²) in [5.41, 5.74) is 3.26. The van der Waals surface area contributed by atoms with Crippen molar-refractivity contribution in [3.63, 3.8) is 0 Å². The summed E-state index contributed by atoms with van der Waals surface area (Å²) in [6.07, 6.45) is 1.54. The van der Waals surface area contributed by atoms with Crippen LogP contribution in [0.5, 0.6) is 0 Å². The van der Waals surface area contributed by atoms with Crippen LogP contribution in [0.2, 0.25) is 0 Å². The number of aryl methyl sites for hydroxylation is 1. The Hall–Kier alpha value is -3.52. The van der Waals surface area contributed by atoms with Gasteiger partial charge in [-0.25, -0.2) is 9.37 Å². The molecule has 2 aromatic carbocycles. The smallest absolute Gasteiger partial charge is 0.273 e. The van der Waals surface area contributed by atoms with Gasteiger partial charge in [-0.3, -0.25) is 14.2 Å². The SMILES string of the molecule is Cc1ccc(Cn2c(N3CCC[C@@H](C(=O)NCc4ccccc4F)C3)nc3ccsc3c2=O)cc1. The number of aromatic nitrogens is 2. The first-order chi connectivity index (χ1) is 17.0. The van der Waals surface area contributed by atoms with Gasteiger partial charge < -0.3 is 10.2 Å². The quantitative estimate of drug-likeness (QED) is 0.433. The topological polar surface area (TPSA) is 67.2 Å². The molecule has 1 aliphatic heterocycles. The second kappa shape index (κ2) is 10.00. The standard InChI is InChI=1S/C27H27FN4O2S/c1-18-8-10-19(11-9-18)16-32-26(34)24-23(12-14-35-24)30-27(32)31-13-4-6-21(17-31)25(33)29-15-20-5-2-3-7-22(20)28/h2-3,5,7-12,14,21H,4,6,13,15-17H2,1H3,(H,29,33)/t21-/m1/s1. The summed E-state index contributed by atoms with van der Waals surface area (Å²) in [5, 5.41) is 4.77. The van der Waals surface area contributed by atoms with E-state index in [0.29, 0.717) is 41.4 Å². The van der Waals surface area contributed by atoms with E-state index in [2.05, 4.69) is 5.32 Å². The van der Waals surface area contributed by atoms with E-state index in [4.69, 9.17) is 4.98 Å². The third-order valence-electron chi connectivity index (χ3n) is 6.49. The lowest BCUT2D eigenvalue weighted by Gasteiger charge is -2.34. The normalized spacial score (nSPS) is 15.9. The van der Waals surface area contributed by atoms with Crippen LogP contribution in [0.1, 0.15) is 29.5 Å². The van der Waals surface area contributed by atoms with Crippen molar-refractivity contribution in [3.8, 4) is 0 Å². The van der Waals surface area contributed by atoms with E-state index in [9.17, 15) is 14.0 Å². The molecule has 1 saturated heterocycles. The number of hydrogen-bond acceptors (Lipinski definition) is 5. The number of amides is 1. The van der Waals surface area contributed by atoms with E-state index >= 15 is 0 Å². The van der Waals surface area contributed by atoms with Gasteiger partial charge >= 0.3 is 0 Å². The highest BCUT2D eigenvalue weighted by atomic mass is 32.1. The molecule has 5 rings (SSSR count). The number of carbonyl (C=O) groups excluding carboxylic acids is 1. The van der Waals surface area contributed by atoms with Crippen molar-refractivity contribution in [2.45, 2.75) is 32.9 Å². The molecule has 1 aliphatic rings. The van der Waals surface area contributed by atoms with Crippen molar-refractivity contribution in [2.24, 2.45) is 5.92 Å². The van der Waals surface area contributed by atoms with Crippen LogP contribution in [0.25, 0.3) is 10.2 Å². The van der Waals surface area contributed by atoms with Gasteiger partial charge in [0.2, 0.25) is 11.9 Å². The molecule has 1 fully saturated rings. The number of rotatable bonds is 6. The van der Waals surface area contributed by atoms with Crippen LogP contribution in [0, 0.1) is 18.7 Å². The minimum atomic E-state index is -0.327. The molecule has 0 spiro atoms. The van der Waals surface area contributed by atoms with Crippen molar-refractivity contribution in [3.05, 3.63) is 92.8 Å². The van der Waals surface area contributed by atoms with Crippen molar-refractivity contribution >= 4 is 33.4 Å². The van der Waals surface area contributed by atoms with Gasteiger partial charge in [-0.05, 0) is 42.8 Å². The summed E-state index contributed by atoms with van der Waals surface area (Å²) in [4.78, 5) is 33.3. The molecule has 3 heterocycles. The van der Waals surface area contributed by atoms with E-state index < -0.39 is 0 Å². The van der Waals surface area contributed by atoms with Gasteiger partial charge in [-0.2, -0.15) is 0 Å². The van der Waals surface area contributed by atoms with E-state index in [-0.39, 0.29) is 29.7 Å². The molecule has 8 heteroatoms. The second-order valence-corrected chi connectivity index (χ2v) is 9.93. The largest absolute Gasteiger partial charge is 0.352 e. The average Bonchev–Trinajstić information content (AvgIpc) is 3.35. The first-order valence-electron chi connectivity index (χ1n) is 11.8. The number of piperidine rings is 1. The third-order valence-corrected chi connectivity index (χ3v) is 7.38. The van der Waals surface area contributed by atoms with Crippen LogP contribution in [-0.4, -0.2) is 28.5 Å². The summed E-state index contributed by atoms with van der Waals surface area (Å²) < 4.78 is 16.3. The van der Waals surface area contributed by atoms with Crippen LogP contribution in [0.4, 0.5) is 10.3 Å². The Balaban J connectivity index is 1.39. The molecule has 6 nitrogen and oxygen atoms in total. The Morgan fingerprint density at radius 3 is 2.77 bits per heavy atom. The summed E-state index contributed by atoms with van der Waals surface area (Å²) >= 11 is 1.40. The fourth-order valence-electron chi connectivity index (χ4n) is 4.53. The number of hydrogen-bond donors (Lipinski definition) is 1. The molecule has 0 aliphatic carbocycles. The first kappa shape index (κ1) is 23.2. The fraction of sp³-hybridized carbons (Fsp3) is 0.296. The van der Waals surface area contributed by atoms with Crippen molar-refractivity contribution in [1.82, 2.24) is 14.9 Å². The maximum absolute atomic E-state index is 14.0. The summed E-state index contributed by atoms with van der Waals surface area (Å²) in [5.74, 6) is -0.111. The molecule has 1 amide bonds. The predicted molar refractivity (Wildman–Crippen MR) is 137 cm³/mol. The number of thiophene rings is 1. The molecular formula is C27H27FN4O2S. The lowest BCUT2D eigenvalue weighted by Crippen LogP contribution is -2.45. The predicted octanol–water partition coefficient (Wildman–Crippen LogP) is 4.49. The molecule has 4 aromatic rings. The van der Waals surface area contributed by atoms with E-state index in [1.807, 2.05) is 47.5 Å². The molecule has 1 N–H and O–H groups in total. The monoisotopic (exact) mass is 490 g/mol. The van der Waals surface area contributed by atoms with Crippen LogP contribution < -0.4 is 15.8 Å². The summed E-state index contributed by atoms with van der Waals surface area (Å²) in [7, 11) is 0. The lowest BCUT2D eigenvalue weighted by atomic mass is 9.97. The molecule has 0 radical (unpaired) electrons. The summed E-state index contributed by atoms with van der Waals surface area (Å²) in [6.45, 7) is 3.77. The third kappa shape index (κ3) is 4.98. The molecule has 0 bridgehead atoms. The number of halogens is 1. The molecule has 0 saturated carbocycles. The number of nitrogens with zero attached hydrogens (tertiary/aromatic N) is 3. The molecule has 1 atom stereocenters. The van der Waals surface area contributed by atoms with Crippen molar-refractivity contribution < 1.29 is 9.18 Å². The highest BCUT2D eigenvalue weighted by Crippen LogP contribution is 2.25. The van der Waals surface area contributed by atoms with Crippen LogP contribution in [0.15, 0.2) is 64.8 Å². The fourth-order valence-corrected chi connectivity index (χ4v) is 5.31. The van der Waals surface area contributed by atoms with Crippen molar-refractivity contribution in [2.75, 3.05) is 18.0 Å². The van der Waals surface area contributed by atoms with Gasteiger partial charge in [-0.15, -0.1) is 11.3 Å². The Bertz CT molecular complexity index is 1410. The van der Waals surface area contributed by atoms with Gasteiger partial charge in [-0.1, -0.05) is 48.0 Å². The van der Waals surface area contributed by atoms with Crippen LogP contribution in [-0.2, 0) is 17.9 Å². The number of anilines is 1. The Labute approximate surface area is 207 Å². The highest BCUT2D eigenvalue weighted by molar-refractivity contribution is 7.17. The van der Waals surface area contributed by atoms with Crippen LogP contribution >= 0.6 is 11.3 Å². The average molecular weight is 491 g/mol. The van der Waals surface area contributed by atoms with Gasteiger partial charge in [0, 0.05) is 25.2 Å². The molecular weight excluding hydrogens is 463 g/mol. The minimum Gasteiger partial charge on any atom is -0.352 e. The van der Waals surface area contributed by atoms with Gasteiger partial charge in [0.1, 0.15) is 10.5 Å². The number of fused-ring (bicyclic) bond motifs is 1. The van der Waals surface area contributed by atoms with Crippen molar-refractivity contribution in [1.29, 1.82) is 0 Å². The maximum atomic E-state index is 14.0. The van der Waals surface area contributed by atoms with Gasteiger partial charge in [0.15, 0.2) is 0 Å². The minimum absolute atomic E-state index is 0.0632. The number of nitrogens with one attached hydrogen (secondary N) is 1. The zero-order valence-electron chi connectivity index (χ0n) is 19.5. The first-order valence-corrected chi connectivity index (χ1v) is 12.7. The Kier molecular flexibility index (Phi) is 6.63. The Morgan fingerprint density at radius 2 is 1.97 bits per heavy atom. The Morgan fingerprint density at radius 1 is 1.17 bits per heavy atom. The van der Waals surface area contributed by atoms with Gasteiger partial charge in [0.25, 0.3) is 5.56 Å². The molecule has 0 unspecified atom stereocenters. The molecule has 35 heavy (non-hydrogen) atoms. The molecule has 2 aromatic heterocycles. The number of carbonyl (C=O) groups is 1. The molecule has 180 valence electrons. The van der Waals surface area contributed by atoms with Gasteiger partial charge in [0.05, 0.1) is 18.0 Å². The maximum Gasteiger partial charge on any atom is 0.273 e. The lowest BCUT2D eigenvalue weighted by molar-refractivity contribution is -0.125. The van der Waals surface area contributed by atoms with E-state index in [1.54, 1.807) is 22.8 Å². The zero-order chi connectivity index (χ0) is 24.4. The van der Waals surface area contributed by atoms with E-state index in [0.717, 1.165) is 24.0 Å². The second-order valence-electron chi connectivity index (χ2n) is 9.02. The van der Waals surface area contributed by atoms with Crippen LogP contribution in [0.3, 0.4) is 0 Å². The summed E-state index contributed by atoms with van der Waals surface area (Å²) in [6, 6.07) is 16.4. The number of benzene rings is 2.